The Labute approximate surface area is 200 Å². The Bertz CT molecular complexity index is 1160. The van der Waals surface area contributed by atoms with E-state index in [1.165, 1.54) is 72.8 Å². The van der Waals surface area contributed by atoms with Crippen LogP contribution in [0.25, 0.3) is 0 Å². The molecule has 0 aliphatic carbocycles. The van der Waals surface area contributed by atoms with Crippen LogP contribution in [0.3, 0.4) is 0 Å². The molecular weight excluding hydrogens is 473 g/mol. The molecule has 13 nitrogen and oxygen atoms in total. The van der Waals surface area contributed by atoms with Crippen LogP contribution in [-0.2, 0) is 18.4 Å². The largest absolute Gasteiger partial charge is 0.543 e. The molecule has 0 spiro atoms. The van der Waals surface area contributed by atoms with Crippen molar-refractivity contribution in [3.05, 3.63) is 89.5 Å². The van der Waals surface area contributed by atoms with Gasteiger partial charge in [-0.15, -0.1) is 13.9 Å². The third-order valence-corrected chi connectivity index (χ3v) is 5.44. The lowest BCUT2D eigenvalue weighted by Crippen LogP contribution is -2.38. The first-order valence-electron chi connectivity index (χ1n) is 9.61. The van der Waals surface area contributed by atoms with Crippen LogP contribution in [0.15, 0.2) is 72.8 Å². The van der Waals surface area contributed by atoms with Crippen LogP contribution in [0.5, 0.6) is 0 Å². The second-order valence-corrected chi connectivity index (χ2v) is 8.03. The van der Waals surface area contributed by atoms with Crippen LogP contribution >= 0.6 is 7.82 Å². The third-order valence-electron chi connectivity index (χ3n) is 4.32. The number of nitrogens with two attached hydrogens (primary N) is 3. The number of hydrogen-bond donors (Lipinski definition) is 3. The predicted molar refractivity (Wildman–Crippen MR) is 124 cm³/mol. The summed E-state index contributed by atoms with van der Waals surface area (Å²) in [4.78, 5) is 0. The van der Waals surface area contributed by atoms with Gasteiger partial charge in [-0.3, -0.25) is 0 Å². The molecule has 0 atom stereocenters. The van der Waals surface area contributed by atoms with Crippen molar-refractivity contribution in [2.75, 3.05) is 15.5 Å². The molecule has 3 aromatic carbocycles. The van der Waals surface area contributed by atoms with Crippen LogP contribution in [0.2, 0.25) is 0 Å². The van der Waals surface area contributed by atoms with Crippen molar-refractivity contribution >= 4 is 24.9 Å². The van der Waals surface area contributed by atoms with Crippen LogP contribution in [0.1, 0.15) is 16.7 Å². The van der Waals surface area contributed by atoms with E-state index in [1.807, 2.05) is 18.2 Å². The molecule has 0 radical (unpaired) electrons. The molecule has 3 rings (SSSR count). The summed E-state index contributed by atoms with van der Waals surface area (Å²) in [6, 6.07) is 23.2. The van der Waals surface area contributed by atoms with Gasteiger partial charge in [0.15, 0.2) is 0 Å². The standard InChI is InChI=1S/C21H18N9O4P/c22-13-16-1-7-19(8-2-16)28(25)32-35(31,33-29(26)20-9-3-17(14-23)4-10-20)34-30(27)21-11-5-18(15-24)6-12-21/h1-12H,25-27H2. The van der Waals surface area contributed by atoms with Crippen molar-refractivity contribution in [1.29, 1.82) is 15.8 Å². The van der Waals surface area contributed by atoms with E-state index in [2.05, 4.69) is 0 Å². The molecule has 0 aromatic heterocycles. The molecule has 0 saturated heterocycles. The molecule has 0 heterocycles. The van der Waals surface area contributed by atoms with Crippen LogP contribution in [0, 0.1) is 34.0 Å². The first-order valence-corrected chi connectivity index (χ1v) is 11.1. The van der Waals surface area contributed by atoms with Crippen molar-refractivity contribution in [1.82, 2.24) is 0 Å². The number of rotatable bonds is 9. The van der Waals surface area contributed by atoms with Crippen molar-refractivity contribution in [2.45, 2.75) is 0 Å². The minimum atomic E-state index is -4.73. The monoisotopic (exact) mass is 491 g/mol. The fourth-order valence-corrected chi connectivity index (χ4v) is 3.58. The summed E-state index contributed by atoms with van der Waals surface area (Å²) in [5.74, 6) is 17.6. The van der Waals surface area contributed by atoms with Gasteiger partial charge >= 0.3 is 7.82 Å². The number of nitrogens with zero attached hydrogens (tertiary/aromatic N) is 6. The quantitative estimate of drug-likeness (QED) is 0.224. The lowest BCUT2D eigenvalue weighted by molar-refractivity contribution is 0.0860. The average molecular weight is 491 g/mol. The predicted octanol–water partition coefficient (Wildman–Crippen LogP) is 2.65. The highest BCUT2D eigenvalue weighted by atomic mass is 31.2. The lowest BCUT2D eigenvalue weighted by atomic mass is 10.2. The minimum Gasteiger partial charge on any atom is -0.222 e. The summed E-state index contributed by atoms with van der Waals surface area (Å²) in [5.41, 5.74) is 1.67. The van der Waals surface area contributed by atoms with E-state index in [0.717, 1.165) is 0 Å². The van der Waals surface area contributed by atoms with Crippen LogP contribution in [-0.4, -0.2) is 0 Å². The molecule has 35 heavy (non-hydrogen) atoms. The van der Waals surface area contributed by atoms with E-state index < -0.39 is 7.82 Å². The lowest BCUT2D eigenvalue weighted by Gasteiger charge is -2.29. The molecule has 14 heteroatoms. The van der Waals surface area contributed by atoms with E-state index in [1.54, 1.807) is 0 Å². The van der Waals surface area contributed by atoms with Gasteiger partial charge in [-0.2, -0.15) is 31.3 Å². The molecule has 0 fully saturated rings. The van der Waals surface area contributed by atoms with Gasteiger partial charge in [0.2, 0.25) is 0 Å². The Balaban J connectivity index is 1.86. The molecule has 0 aliphatic rings. The molecule has 0 amide bonds. The number of nitriles is 3. The molecule has 0 aliphatic heterocycles. The Hall–Kier alpha value is -4.48. The maximum absolute atomic E-state index is 13.5. The summed E-state index contributed by atoms with van der Waals surface area (Å²) in [6.07, 6.45) is 0. The molecule has 3 aromatic rings. The summed E-state index contributed by atoms with van der Waals surface area (Å²) in [6.45, 7) is 0. The van der Waals surface area contributed by atoms with Gasteiger partial charge < -0.3 is 0 Å². The third kappa shape index (κ3) is 6.53. The highest BCUT2D eigenvalue weighted by molar-refractivity contribution is 7.48. The topological polar surface area (TPSA) is 204 Å². The van der Waals surface area contributed by atoms with E-state index in [4.69, 9.17) is 47.2 Å². The van der Waals surface area contributed by atoms with Gasteiger partial charge in [0.1, 0.15) is 0 Å². The highest BCUT2D eigenvalue weighted by Crippen LogP contribution is 2.52. The summed E-state index contributed by atoms with van der Waals surface area (Å²) < 4.78 is 29.3. The number of anilines is 3. The zero-order valence-electron chi connectivity index (χ0n) is 17.9. The van der Waals surface area contributed by atoms with Crippen molar-refractivity contribution in [2.24, 2.45) is 17.5 Å². The maximum Gasteiger partial charge on any atom is 0.543 e. The molecule has 0 bridgehead atoms. The summed E-state index contributed by atoms with van der Waals surface area (Å²) in [7, 11) is -4.73. The van der Waals surface area contributed by atoms with Gasteiger partial charge in [-0.05, 0) is 72.8 Å². The van der Waals surface area contributed by atoms with E-state index in [9.17, 15) is 4.57 Å². The van der Waals surface area contributed by atoms with Gasteiger partial charge in [0, 0.05) is 0 Å². The van der Waals surface area contributed by atoms with Crippen LogP contribution < -0.4 is 33.0 Å². The fourth-order valence-electron chi connectivity index (χ4n) is 2.56. The number of phosphoric acid groups is 1. The van der Waals surface area contributed by atoms with Crippen LogP contribution in [0.4, 0.5) is 17.1 Å². The van der Waals surface area contributed by atoms with Crippen molar-refractivity contribution < 1.29 is 18.4 Å². The first kappa shape index (κ1) is 25.1. The molecule has 0 saturated carbocycles. The Kier molecular flexibility index (Phi) is 7.97. The van der Waals surface area contributed by atoms with Crippen molar-refractivity contribution in [3.8, 4) is 18.2 Å². The summed E-state index contributed by atoms with van der Waals surface area (Å²) in [5, 5.41) is 28.6. The number of hydrogen-bond acceptors (Lipinski definition) is 13. The minimum absolute atomic E-state index is 0.195. The fraction of sp³-hybridized carbons (Fsp3) is 0. The maximum atomic E-state index is 13.5. The SMILES string of the molecule is N#Cc1ccc(N(N)OP(=O)(ON(N)c2ccc(C#N)cc2)ON(N)c2ccc(C#N)cc2)cc1. The van der Waals surface area contributed by atoms with Gasteiger partial charge in [0.05, 0.1) is 52.0 Å². The van der Waals surface area contributed by atoms with Gasteiger partial charge in [-0.1, -0.05) is 0 Å². The van der Waals surface area contributed by atoms with E-state index >= 15 is 0 Å². The van der Waals surface area contributed by atoms with Gasteiger partial charge in [-0.25, -0.2) is 22.1 Å². The second-order valence-electron chi connectivity index (χ2n) is 6.65. The Morgan fingerprint density at radius 2 is 0.771 bits per heavy atom. The molecule has 0 unspecified atom stereocenters. The second kappa shape index (κ2) is 11.1. The first-order chi connectivity index (χ1) is 16.8. The number of benzene rings is 3. The van der Waals surface area contributed by atoms with E-state index in [0.29, 0.717) is 32.2 Å². The van der Waals surface area contributed by atoms with Gasteiger partial charge in [0.25, 0.3) is 0 Å². The zero-order valence-corrected chi connectivity index (χ0v) is 18.8. The zero-order chi connectivity index (χ0) is 25.4. The molecule has 176 valence electrons. The molecular formula is C21H18N9O4P. The number of hydrazine groups is 3. The normalized spacial score (nSPS) is 10.5. The smallest absolute Gasteiger partial charge is 0.222 e. The average Bonchev–Trinajstić information content (AvgIpc) is 2.88. The highest BCUT2D eigenvalue weighted by Gasteiger charge is 2.37. The Morgan fingerprint density at radius 1 is 0.543 bits per heavy atom. The Morgan fingerprint density at radius 3 is 0.971 bits per heavy atom. The van der Waals surface area contributed by atoms with E-state index in [-0.39, 0.29) is 17.1 Å². The van der Waals surface area contributed by atoms with Crippen molar-refractivity contribution in [3.63, 3.8) is 0 Å². The molecule has 6 N–H and O–H groups in total. The summed E-state index contributed by atoms with van der Waals surface area (Å²) >= 11 is 0.